The van der Waals surface area contributed by atoms with Crippen molar-refractivity contribution < 1.29 is 9.15 Å². The van der Waals surface area contributed by atoms with Gasteiger partial charge in [-0.15, -0.1) is 0 Å². The standard InChI is InChI=1S/C22H18O2Se/c1-15-7-3-4-8-18(15)21-22(19-9-5-6-10-20(19)24-21)25-17-13-11-16(23-2)12-14-17/h3-14H,1-2H3. The summed E-state index contributed by atoms with van der Waals surface area (Å²) in [5.74, 6) is 1.88. The van der Waals surface area contributed by atoms with E-state index in [1.54, 1.807) is 7.11 Å². The van der Waals surface area contributed by atoms with Crippen molar-refractivity contribution in [2.75, 3.05) is 7.11 Å². The van der Waals surface area contributed by atoms with Crippen LogP contribution in [0.2, 0.25) is 0 Å². The van der Waals surface area contributed by atoms with Crippen molar-refractivity contribution in [3.63, 3.8) is 0 Å². The fourth-order valence-corrected chi connectivity index (χ4v) is 5.05. The minimum absolute atomic E-state index is 0.149. The van der Waals surface area contributed by atoms with Crippen molar-refractivity contribution in [3.8, 4) is 17.1 Å². The summed E-state index contributed by atoms with van der Waals surface area (Å²) in [5.41, 5.74) is 3.35. The van der Waals surface area contributed by atoms with Crippen molar-refractivity contribution in [2.24, 2.45) is 0 Å². The molecule has 1 heterocycles. The first kappa shape index (κ1) is 16.0. The van der Waals surface area contributed by atoms with Crippen molar-refractivity contribution in [2.45, 2.75) is 6.92 Å². The third-order valence-corrected chi connectivity index (χ3v) is 6.56. The molecule has 0 aliphatic carbocycles. The molecule has 25 heavy (non-hydrogen) atoms. The second-order valence-electron chi connectivity index (χ2n) is 5.85. The number of benzene rings is 3. The van der Waals surface area contributed by atoms with Crippen LogP contribution in [0.15, 0.2) is 77.2 Å². The van der Waals surface area contributed by atoms with Gasteiger partial charge in [0, 0.05) is 0 Å². The van der Waals surface area contributed by atoms with Gasteiger partial charge in [-0.2, -0.15) is 0 Å². The summed E-state index contributed by atoms with van der Waals surface area (Å²) < 4.78 is 14.1. The molecule has 1 aromatic heterocycles. The van der Waals surface area contributed by atoms with E-state index in [1.807, 2.05) is 24.3 Å². The molecular weight excluding hydrogens is 375 g/mol. The van der Waals surface area contributed by atoms with Crippen molar-refractivity contribution in [3.05, 3.63) is 78.4 Å². The van der Waals surface area contributed by atoms with Gasteiger partial charge < -0.3 is 0 Å². The van der Waals surface area contributed by atoms with Gasteiger partial charge in [-0.3, -0.25) is 0 Å². The fraction of sp³-hybridized carbons (Fsp3) is 0.0909. The molecule has 0 saturated carbocycles. The summed E-state index contributed by atoms with van der Waals surface area (Å²) in [4.78, 5) is 0. The molecule has 0 aliphatic heterocycles. The number of rotatable bonds is 4. The quantitative estimate of drug-likeness (QED) is 0.488. The predicted molar refractivity (Wildman–Crippen MR) is 104 cm³/mol. The van der Waals surface area contributed by atoms with Crippen LogP contribution in [0.1, 0.15) is 5.56 Å². The van der Waals surface area contributed by atoms with E-state index < -0.39 is 0 Å². The average molecular weight is 393 g/mol. The Kier molecular flexibility index (Phi) is 4.35. The van der Waals surface area contributed by atoms with Gasteiger partial charge in [-0.05, 0) is 0 Å². The number of methoxy groups -OCH3 is 1. The summed E-state index contributed by atoms with van der Waals surface area (Å²) >= 11 is 0.149. The number of ether oxygens (including phenoxy) is 1. The summed E-state index contributed by atoms with van der Waals surface area (Å²) in [6.45, 7) is 2.13. The zero-order chi connectivity index (χ0) is 17.2. The van der Waals surface area contributed by atoms with Crippen LogP contribution in [-0.4, -0.2) is 22.1 Å². The monoisotopic (exact) mass is 394 g/mol. The number of hydrogen-bond acceptors (Lipinski definition) is 2. The average Bonchev–Trinajstić information content (AvgIpc) is 3.01. The van der Waals surface area contributed by atoms with Gasteiger partial charge in [0.1, 0.15) is 0 Å². The van der Waals surface area contributed by atoms with E-state index in [2.05, 4.69) is 55.5 Å². The van der Waals surface area contributed by atoms with Gasteiger partial charge >= 0.3 is 153 Å². The van der Waals surface area contributed by atoms with E-state index in [4.69, 9.17) is 9.15 Å². The molecule has 124 valence electrons. The molecule has 0 saturated heterocycles. The Balaban J connectivity index is 1.86. The molecular formula is C22H18O2Se. The first-order valence-corrected chi connectivity index (χ1v) is 9.87. The van der Waals surface area contributed by atoms with Gasteiger partial charge in [-0.25, -0.2) is 0 Å². The maximum absolute atomic E-state index is 6.27. The number of fused-ring (bicyclic) bond motifs is 1. The second kappa shape index (κ2) is 6.79. The molecule has 0 bridgehead atoms. The Morgan fingerprint density at radius 3 is 2.32 bits per heavy atom. The SMILES string of the molecule is COc1ccc([Se]c2c(-c3ccccc3C)oc3ccccc23)cc1. The van der Waals surface area contributed by atoms with E-state index in [0.29, 0.717) is 0 Å². The first-order valence-electron chi connectivity index (χ1n) is 8.15. The number of furan rings is 1. The maximum atomic E-state index is 6.27. The van der Waals surface area contributed by atoms with Crippen LogP contribution in [0.25, 0.3) is 22.3 Å². The van der Waals surface area contributed by atoms with Crippen LogP contribution in [0.4, 0.5) is 0 Å². The van der Waals surface area contributed by atoms with E-state index in [1.165, 1.54) is 25.4 Å². The third kappa shape index (κ3) is 3.09. The van der Waals surface area contributed by atoms with Crippen LogP contribution in [0, 0.1) is 6.92 Å². The Morgan fingerprint density at radius 2 is 1.56 bits per heavy atom. The van der Waals surface area contributed by atoms with Gasteiger partial charge in [0.05, 0.1) is 0 Å². The number of para-hydroxylation sites is 1. The molecule has 4 aromatic rings. The second-order valence-corrected chi connectivity index (χ2v) is 8.12. The molecule has 0 amide bonds. The summed E-state index contributed by atoms with van der Waals surface area (Å²) in [7, 11) is 1.69. The number of aryl methyl sites for hydroxylation is 1. The molecule has 3 aromatic carbocycles. The first-order chi connectivity index (χ1) is 12.3. The molecule has 0 radical (unpaired) electrons. The molecule has 0 unspecified atom stereocenters. The molecule has 0 fully saturated rings. The van der Waals surface area contributed by atoms with E-state index >= 15 is 0 Å². The van der Waals surface area contributed by atoms with Crippen LogP contribution in [-0.2, 0) is 0 Å². The van der Waals surface area contributed by atoms with Crippen molar-refractivity contribution >= 4 is 34.8 Å². The van der Waals surface area contributed by atoms with Crippen LogP contribution in [0.3, 0.4) is 0 Å². The van der Waals surface area contributed by atoms with Gasteiger partial charge in [-0.1, -0.05) is 0 Å². The summed E-state index contributed by atoms with van der Waals surface area (Å²) in [6.07, 6.45) is 0. The predicted octanol–water partition coefficient (Wildman–Crippen LogP) is 4.07. The normalized spacial score (nSPS) is 11.0. The van der Waals surface area contributed by atoms with Crippen molar-refractivity contribution in [1.29, 1.82) is 0 Å². The zero-order valence-corrected chi connectivity index (χ0v) is 15.9. The molecule has 0 spiro atoms. The van der Waals surface area contributed by atoms with E-state index in [9.17, 15) is 0 Å². The summed E-state index contributed by atoms with van der Waals surface area (Å²) in [5, 5.41) is 1.21. The zero-order valence-electron chi connectivity index (χ0n) is 14.2. The molecule has 4 rings (SSSR count). The van der Waals surface area contributed by atoms with Crippen molar-refractivity contribution in [1.82, 2.24) is 0 Å². The molecule has 3 heteroatoms. The Labute approximate surface area is 153 Å². The molecule has 0 aliphatic rings. The Bertz CT molecular complexity index is 1020. The number of hydrogen-bond donors (Lipinski definition) is 0. The topological polar surface area (TPSA) is 22.4 Å². The van der Waals surface area contributed by atoms with Gasteiger partial charge in [0.15, 0.2) is 0 Å². The third-order valence-electron chi connectivity index (χ3n) is 4.22. The van der Waals surface area contributed by atoms with Crippen LogP contribution < -0.4 is 13.7 Å². The van der Waals surface area contributed by atoms with Crippen LogP contribution >= 0.6 is 0 Å². The van der Waals surface area contributed by atoms with Crippen LogP contribution in [0.5, 0.6) is 5.75 Å². The fourth-order valence-electron chi connectivity index (χ4n) is 2.89. The molecule has 2 nitrogen and oxygen atoms in total. The molecule has 0 atom stereocenters. The van der Waals surface area contributed by atoms with E-state index in [0.717, 1.165) is 17.1 Å². The van der Waals surface area contributed by atoms with Gasteiger partial charge in [0.25, 0.3) is 0 Å². The minimum atomic E-state index is 0.149. The Hall–Kier alpha value is -2.48. The van der Waals surface area contributed by atoms with E-state index in [-0.39, 0.29) is 15.0 Å². The summed E-state index contributed by atoms with van der Waals surface area (Å²) in [6, 6.07) is 25.0. The molecule has 0 N–H and O–H groups in total. The Morgan fingerprint density at radius 1 is 0.840 bits per heavy atom. The van der Waals surface area contributed by atoms with Gasteiger partial charge in [0.2, 0.25) is 0 Å².